The van der Waals surface area contributed by atoms with E-state index < -0.39 is 0 Å². The third-order valence-electron chi connectivity index (χ3n) is 3.62. The lowest BCUT2D eigenvalue weighted by molar-refractivity contribution is 0.434. The summed E-state index contributed by atoms with van der Waals surface area (Å²) in [6.07, 6.45) is 11.7. The lowest BCUT2D eigenvalue weighted by Crippen LogP contribution is -2.27. The molecule has 1 aliphatic carbocycles. The highest BCUT2D eigenvalue weighted by Crippen LogP contribution is 2.24. The van der Waals surface area contributed by atoms with Gasteiger partial charge in [0.1, 0.15) is 0 Å². The molecule has 0 aromatic rings. The van der Waals surface area contributed by atoms with E-state index >= 15 is 0 Å². The molecule has 1 atom stereocenters. The monoisotopic (exact) mass is 224 g/mol. The Hall–Kier alpha value is -0.530. The predicted octanol–water partition coefficient (Wildman–Crippen LogP) is 3.89. The summed E-state index contributed by atoms with van der Waals surface area (Å²) in [5.41, 5.74) is 6.10. The summed E-state index contributed by atoms with van der Waals surface area (Å²) in [7, 11) is 0. The molecule has 0 aromatic heterocycles. The van der Waals surface area contributed by atoms with Crippen LogP contribution in [0, 0.1) is 5.92 Å². The predicted molar refractivity (Wildman–Crippen MR) is 71.8 cm³/mol. The molecule has 1 unspecified atom stereocenters. The van der Waals surface area contributed by atoms with Crippen LogP contribution in [0.1, 0.15) is 71.6 Å². The largest absolute Gasteiger partial charge is 0.387 e. The van der Waals surface area contributed by atoms with E-state index in [1.54, 1.807) is 0 Å². The van der Waals surface area contributed by atoms with Crippen molar-refractivity contribution in [1.82, 2.24) is 0 Å². The highest BCUT2D eigenvalue weighted by Gasteiger charge is 2.17. The Morgan fingerprint density at radius 3 is 2.56 bits per heavy atom. The van der Waals surface area contributed by atoms with E-state index in [4.69, 9.17) is 5.73 Å². The zero-order valence-corrected chi connectivity index (χ0v) is 11.0. The summed E-state index contributed by atoms with van der Waals surface area (Å²) < 4.78 is 0. The van der Waals surface area contributed by atoms with Crippen molar-refractivity contribution >= 4 is 5.84 Å². The Labute approximate surface area is 101 Å². The summed E-state index contributed by atoms with van der Waals surface area (Å²) >= 11 is 0. The number of aliphatic imine (C=N–C) groups is 1. The van der Waals surface area contributed by atoms with Gasteiger partial charge in [0.15, 0.2) is 0 Å². The third-order valence-corrected chi connectivity index (χ3v) is 3.62. The molecule has 1 rings (SSSR count). The van der Waals surface area contributed by atoms with Crippen molar-refractivity contribution in [3.8, 4) is 0 Å². The molecule has 0 spiro atoms. The molecule has 94 valence electrons. The van der Waals surface area contributed by atoms with Gasteiger partial charge in [-0.05, 0) is 26.2 Å². The number of unbranched alkanes of at least 4 members (excludes halogenated alkanes) is 2. The van der Waals surface area contributed by atoms with Crippen molar-refractivity contribution in [2.75, 3.05) is 0 Å². The van der Waals surface area contributed by atoms with E-state index in [1.807, 2.05) is 0 Å². The summed E-state index contributed by atoms with van der Waals surface area (Å²) in [4.78, 5) is 4.67. The SMILES string of the molecule is CCCCCC(C)N=C(N)C1CCCCC1. The molecule has 1 fully saturated rings. The number of rotatable bonds is 6. The normalized spacial score (nSPS) is 21.0. The number of nitrogens with zero attached hydrogens (tertiary/aromatic N) is 1. The molecule has 2 nitrogen and oxygen atoms in total. The molecule has 0 aromatic carbocycles. The van der Waals surface area contributed by atoms with Crippen LogP contribution in [0.3, 0.4) is 0 Å². The van der Waals surface area contributed by atoms with Gasteiger partial charge < -0.3 is 5.73 Å². The Balaban J connectivity index is 2.29. The van der Waals surface area contributed by atoms with Gasteiger partial charge in [0.25, 0.3) is 0 Å². The fraction of sp³-hybridized carbons (Fsp3) is 0.929. The molecular weight excluding hydrogens is 196 g/mol. The first-order chi connectivity index (χ1) is 7.74. The molecule has 0 heterocycles. The van der Waals surface area contributed by atoms with Gasteiger partial charge in [0.2, 0.25) is 0 Å². The molecule has 0 saturated heterocycles. The summed E-state index contributed by atoms with van der Waals surface area (Å²) in [5, 5.41) is 0. The van der Waals surface area contributed by atoms with Crippen molar-refractivity contribution in [1.29, 1.82) is 0 Å². The van der Waals surface area contributed by atoms with Gasteiger partial charge in [0, 0.05) is 12.0 Å². The van der Waals surface area contributed by atoms with Gasteiger partial charge in [-0.25, -0.2) is 0 Å². The van der Waals surface area contributed by atoms with E-state index in [0.29, 0.717) is 12.0 Å². The van der Waals surface area contributed by atoms with Crippen LogP contribution >= 0.6 is 0 Å². The zero-order chi connectivity index (χ0) is 11.8. The van der Waals surface area contributed by atoms with Gasteiger partial charge in [0.05, 0.1) is 5.84 Å². The van der Waals surface area contributed by atoms with Crippen LogP contribution < -0.4 is 5.73 Å². The van der Waals surface area contributed by atoms with Crippen molar-refractivity contribution in [2.45, 2.75) is 77.7 Å². The molecule has 16 heavy (non-hydrogen) atoms. The van der Waals surface area contributed by atoms with Gasteiger partial charge in [-0.2, -0.15) is 0 Å². The maximum Gasteiger partial charge on any atom is 0.0971 e. The summed E-state index contributed by atoms with van der Waals surface area (Å²) in [6, 6.07) is 0.425. The fourth-order valence-corrected chi connectivity index (χ4v) is 2.51. The quantitative estimate of drug-likeness (QED) is 0.415. The first-order valence-electron chi connectivity index (χ1n) is 7.07. The van der Waals surface area contributed by atoms with Crippen LogP contribution in [-0.4, -0.2) is 11.9 Å². The number of amidine groups is 1. The number of nitrogens with two attached hydrogens (primary N) is 1. The molecule has 0 amide bonds. The first kappa shape index (κ1) is 13.5. The zero-order valence-electron chi connectivity index (χ0n) is 11.0. The second-order valence-electron chi connectivity index (χ2n) is 5.23. The van der Waals surface area contributed by atoms with Crippen molar-refractivity contribution in [2.24, 2.45) is 16.6 Å². The summed E-state index contributed by atoms with van der Waals surface area (Å²) in [6.45, 7) is 4.44. The maximum atomic E-state index is 6.10. The minimum absolute atomic E-state index is 0.425. The van der Waals surface area contributed by atoms with Crippen molar-refractivity contribution in [3.05, 3.63) is 0 Å². The van der Waals surface area contributed by atoms with Crippen LogP contribution in [0.4, 0.5) is 0 Å². The van der Waals surface area contributed by atoms with Crippen LogP contribution in [-0.2, 0) is 0 Å². The molecule has 2 N–H and O–H groups in total. The smallest absolute Gasteiger partial charge is 0.0971 e. The lowest BCUT2D eigenvalue weighted by Gasteiger charge is -2.21. The lowest BCUT2D eigenvalue weighted by atomic mass is 9.88. The highest BCUT2D eigenvalue weighted by molar-refractivity contribution is 5.83. The number of hydrogen-bond donors (Lipinski definition) is 1. The minimum atomic E-state index is 0.425. The highest BCUT2D eigenvalue weighted by atomic mass is 14.9. The molecule has 1 saturated carbocycles. The maximum absolute atomic E-state index is 6.10. The van der Waals surface area contributed by atoms with E-state index in [1.165, 1.54) is 57.8 Å². The Kier molecular flexibility index (Phi) is 6.51. The van der Waals surface area contributed by atoms with Crippen LogP contribution in [0.5, 0.6) is 0 Å². The molecular formula is C14H28N2. The second-order valence-corrected chi connectivity index (χ2v) is 5.23. The van der Waals surface area contributed by atoms with Gasteiger partial charge in [-0.1, -0.05) is 45.4 Å². The Bertz CT molecular complexity index is 205. The van der Waals surface area contributed by atoms with Crippen LogP contribution in [0.2, 0.25) is 0 Å². The van der Waals surface area contributed by atoms with Crippen LogP contribution in [0.15, 0.2) is 4.99 Å². The molecule has 0 bridgehead atoms. The Morgan fingerprint density at radius 2 is 1.94 bits per heavy atom. The topological polar surface area (TPSA) is 38.4 Å². The second kappa shape index (κ2) is 7.70. The van der Waals surface area contributed by atoms with E-state index in [9.17, 15) is 0 Å². The summed E-state index contributed by atoms with van der Waals surface area (Å²) in [5.74, 6) is 1.52. The fourth-order valence-electron chi connectivity index (χ4n) is 2.51. The molecule has 0 aliphatic heterocycles. The van der Waals surface area contributed by atoms with Gasteiger partial charge in [-0.15, -0.1) is 0 Å². The molecule has 0 radical (unpaired) electrons. The van der Waals surface area contributed by atoms with Gasteiger partial charge in [-0.3, -0.25) is 4.99 Å². The van der Waals surface area contributed by atoms with Crippen molar-refractivity contribution in [3.63, 3.8) is 0 Å². The van der Waals surface area contributed by atoms with E-state index in [2.05, 4.69) is 18.8 Å². The first-order valence-corrected chi connectivity index (χ1v) is 7.07. The standard InChI is InChI=1S/C14H28N2/c1-3-4-6-9-12(2)16-14(15)13-10-7-5-8-11-13/h12-13H,3-11H2,1-2H3,(H2,15,16). The molecule has 1 aliphatic rings. The minimum Gasteiger partial charge on any atom is -0.387 e. The van der Waals surface area contributed by atoms with E-state index in [0.717, 1.165) is 5.84 Å². The third kappa shape index (κ3) is 5.00. The van der Waals surface area contributed by atoms with Crippen LogP contribution in [0.25, 0.3) is 0 Å². The average Bonchev–Trinajstić information content (AvgIpc) is 2.30. The Morgan fingerprint density at radius 1 is 1.25 bits per heavy atom. The average molecular weight is 224 g/mol. The van der Waals surface area contributed by atoms with E-state index in [-0.39, 0.29) is 0 Å². The van der Waals surface area contributed by atoms with Crippen molar-refractivity contribution < 1.29 is 0 Å². The number of hydrogen-bond acceptors (Lipinski definition) is 1. The van der Waals surface area contributed by atoms with Gasteiger partial charge >= 0.3 is 0 Å². The molecule has 2 heteroatoms.